The van der Waals surface area contributed by atoms with E-state index in [-0.39, 0.29) is 68.8 Å². The summed E-state index contributed by atoms with van der Waals surface area (Å²) in [4.78, 5) is 0. The van der Waals surface area contributed by atoms with Crippen molar-refractivity contribution in [2.75, 3.05) is 106 Å². The molecule has 0 saturated carbocycles. The van der Waals surface area contributed by atoms with Crippen molar-refractivity contribution in [2.45, 2.75) is 13.8 Å². The summed E-state index contributed by atoms with van der Waals surface area (Å²) in [5.74, 6) is 0. The van der Waals surface area contributed by atoms with Crippen LogP contribution in [0.25, 0.3) is 0 Å². The van der Waals surface area contributed by atoms with Gasteiger partial charge in [0.25, 0.3) is 0 Å². The first-order valence-corrected chi connectivity index (χ1v) is 19.7. The third-order valence-electron chi connectivity index (χ3n) is 6.41. The predicted octanol–water partition coefficient (Wildman–Crippen LogP) is 4.37. The average Bonchev–Trinajstić information content (AvgIpc) is 3.96. The summed E-state index contributed by atoms with van der Waals surface area (Å²) in [6.07, 6.45) is 0. The number of benzene rings is 2. The van der Waals surface area contributed by atoms with Crippen LogP contribution in [0.5, 0.6) is 0 Å². The normalized spacial score (nSPS) is 13.6. The van der Waals surface area contributed by atoms with E-state index in [0.29, 0.717) is 106 Å². The SMILES string of the molecule is C1COCCOCCOCCO1.C1COCCOCCOCCO1.Cc1cc[cH-]c1.Cc1cc[cH-]c1.[C-]#[O+].[C-]#[O+].[C-]#[O+].[C-]#[O+].[Li].[Mn].[Mn].c1ccc([As]c2ccccc2)cc1. The molecule has 4 aromatic carbocycles. The standard InChI is InChI=1S/C12H10As.2C8H16O4.2C6H7.4CO.Li.2Mn/c1-3-7-11(8-4-1)13-12-9-5-2-6-10-12;2*1-2-10-5-6-12-8-7-11-4-3-9-1;2*1-6-4-2-3-5-6;4*1-2;;;/h1-10H;2*1-8H2;2*2-5H,1H3;;;;;;;/q;;;2*-1;;;;;;;. The first-order chi connectivity index (χ1) is 28.2. The first kappa shape index (κ1) is 69.7. The third-order valence-corrected chi connectivity index (χ3v) is 8.74. The third kappa shape index (κ3) is 54.0. The van der Waals surface area contributed by atoms with E-state index in [2.05, 4.69) is 125 Å². The molecule has 2 saturated heterocycles. The van der Waals surface area contributed by atoms with Gasteiger partial charge in [-0.15, -0.1) is 0 Å². The van der Waals surface area contributed by atoms with E-state index < -0.39 is 0 Å². The van der Waals surface area contributed by atoms with Gasteiger partial charge in [-0.25, -0.2) is 23.3 Å². The number of rotatable bonds is 2. The Balaban J connectivity index is -0.000000147. The number of hydrogen-bond acceptors (Lipinski definition) is 8. The van der Waals surface area contributed by atoms with Crippen molar-refractivity contribution < 1.29 is 90.6 Å². The van der Waals surface area contributed by atoms with Crippen molar-refractivity contribution in [1.29, 1.82) is 0 Å². The molecule has 0 unspecified atom stereocenters. The van der Waals surface area contributed by atoms with Gasteiger partial charge in [0, 0.05) is 53.0 Å². The zero-order valence-corrected chi connectivity index (χ0v) is 39.0. The van der Waals surface area contributed by atoms with Crippen LogP contribution in [-0.4, -0.2) is 140 Å². The predicted molar refractivity (Wildman–Crippen MR) is 219 cm³/mol. The van der Waals surface area contributed by atoms with E-state index in [1.165, 1.54) is 19.8 Å². The van der Waals surface area contributed by atoms with Crippen LogP contribution in [0.4, 0.5) is 0 Å². The van der Waals surface area contributed by atoms with Crippen LogP contribution in [0.3, 0.4) is 0 Å². The van der Waals surface area contributed by atoms with Gasteiger partial charge in [0.05, 0.1) is 106 Å². The van der Waals surface area contributed by atoms with Crippen molar-refractivity contribution in [3.05, 3.63) is 147 Å². The molecule has 0 spiro atoms. The average molecular weight is 969 g/mol. The second-order valence-electron chi connectivity index (χ2n) is 10.6. The number of aryl methyl sites for hydroxylation is 2. The molecule has 0 N–H and O–H groups in total. The Morgan fingerprint density at radius 1 is 0.383 bits per heavy atom. The van der Waals surface area contributed by atoms with Crippen LogP contribution in [-0.2, 0) is 90.6 Å². The fraction of sp³-hybridized carbons (Fsp3) is 0.409. The van der Waals surface area contributed by atoms with Gasteiger partial charge in [0.1, 0.15) is 0 Å². The molecule has 4 aromatic rings. The van der Waals surface area contributed by atoms with E-state index in [0.717, 1.165) is 0 Å². The van der Waals surface area contributed by atoms with Crippen LogP contribution in [0.15, 0.2) is 109 Å². The van der Waals surface area contributed by atoms with E-state index in [1.54, 1.807) is 0 Å². The molecule has 12 nitrogen and oxygen atoms in total. The second kappa shape index (κ2) is 63.6. The van der Waals surface area contributed by atoms with E-state index in [4.69, 9.17) is 56.5 Å². The van der Waals surface area contributed by atoms with Crippen LogP contribution in [0.1, 0.15) is 11.1 Å². The molecule has 2 aliphatic heterocycles. The zero-order valence-electron chi connectivity index (χ0n) is 34.8. The Kier molecular flexibility index (Phi) is 73.9. The van der Waals surface area contributed by atoms with Crippen LogP contribution in [0, 0.1) is 40.4 Å². The molecular formula is C44H56AsLiMn2O12-2. The molecule has 0 amide bonds. The van der Waals surface area contributed by atoms with E-state index in [9.17, 15) is 0 Å². The van der Waals surface area contributed by atoms with Gasteiger partial charge in [-0.1, -0.05) is 13.8 Å². The van der Waals surface area contributed by atoms with Gasteiger partial charge in [0.15, 0.2) is 0 Å². The maximum atomic E-state index is 7.50. The molecule has 326 valence electrons. The quantitative estimate of drug-likeness (QED) is 0.163. The van der Waals surface area contributed by atoms with Gasteiger partial charge in [-0.05, 0) is 0 Å². The fourth-order valence-electron chi connectivity index (χ4n) is 3.85. The van der Waals surface area contributed by atoms with E-state index >= 15 is 0 Å². The molecule has 4 radical (unpaired) electrons. The minimum absolute atomic E-state index is 0. The van der Waals surface area contributed by atoms with Crippen LogP contribution in [0.2, 0.25) is 0 Å². The second-order valence-corrected chi connectivity index (χ2v) is 13.2. The Labute approximate surface area is 397 Å². The van der Waals surface area contributed by atoms with Crippen molar-refractivity contribution >= 4 is 43.3 Å². The van der Waals surface area contributed by atoms with Gasteiger partial charge in [-0.3, -0.25) is 0 Å². The molecule has 16 heteroatoms. The Hall–Kier alpha value is -2.03. The van der Waals surface area contributed by atoms with Crippen LogP contribution < -0.4 is 8.70 Å². The molecule has 60 heavy (non-hydrogen) atoms. The Bertz CT molecular complexity index is 1180. The molecule has 0 bridgehead atoms. The van der Waals surface area contributed by atoms with Gasteiger partial charge in [0.2, 0.25) is 0 Å². The summed E-state index contributed by atoms with van der Waals surface area (Å²) in [6, 6.07) is 37.8. The van der Waals surface area contributed by atoms with Crippen LogP contribution >= 0.6 is 0 Å². The molecule has 0 atom stereocenters. The Morgan fingerprint density at radius 3 is 0.717 bits per heavy atom. The Morgan fingerprint density at radius 2 is 0.583 bits per heavy atom. The monoisotopic (exact) mass is 968 g/mol. The van der Waals surface area contributed by atoms with Gasteiger partial charge >= 0.3 is 130 Å². The molecular weight excluding hydrogens is 912 g/mol. The van der Waals surface area contributed by atoms with Gasteiger partial charge < -0.3 is 37.9 Å². The topological polar surface area (TPSA) is 153 Å². The van der Waals surface area contributed by atoms with Gasteiger partial charge in [-0.2, -0.15) is 36.4 Å². The summed E-state index contributed by atoms with van der Waals surface area (Å²) in [7, 11) is 0. The summed E-state index contributed by atoms with van der Waals surface area (Å²) in [5, 5.41) is 0. The number of ether oxygens (including phenoxy) is 8. The summed E-state index contributed by atoms with van der Waals surface area (Å²) in [6.45, 7) is 32.4. The van der Waals surface area contributed by atoms with Crippen molar-refractivity contribution in [3.63, 3.8) is 0 Å². The fourth-order valence-corrected chi connectivity index (χ4v) is 5.83. The van der Waals surface area contributed by atoms with Crippen molar-refractivity contribution in [2.24, 2.45) is 0 Å². The minimum atomic E-state index is 0. The van der Waals surface area contributed by atoms with E-state index in [1.807, 2.05) is 24.3 Å². The van der Waals surface area contributed by atoms with Crippen molar-refractivity contribution in [3.8, 4) is 0 Å². The summed E-state index contributed by atoms with van der Waals surface area (Å²) < 4.78 is 74.7. The molecule has 6 rings (SSSR count). The zero-order chi connectivity index (χ0) is 42.7. The summed E-state index contributed by atoms with van der Waals surface area (Å²) in [5.41, 5.74) is 2.69. The molecule has 2 fully saturated rings. The molecule has 2 aliphatic rings. The van der Waals surface area contributed by atoms with Crippen molar-refractivity contribution in [1.82, 2.24) is 0 Å². The maximum absolute atomic E-state index is 7.50. The molecule has 0 aliphatic carbocycles. The molecule has 0 aromatic heterocycles. The number of hydrogen-bond donors (Lipinski definition) is 0. The first-order valence-electron chi connectivity index (χ1n) is 17.9. The summed E-state index contributed by atoms with van der Waals surface area (Å²) >= 11 is 0.177. The molecule has 2 heterocycles.